The van der Waals surface area contributed by atoms with E-state index in [2.05, 4.69) is 23.2 Å². The van der Waals surface area contributed by atoms with Crippen molar-refractivity contribution in [1.29, 1.82) is 0 Å². The predicted octanol–water partition coefficient (Wildman–Crippen LogP) is 4.40. The normalized spacial score (nSPS) is 18.3. The topological polar surface area (TPSA) is 78.9 Å². The van der Waals surface area contributed by atoms with Gasteiger partial charge in [0.2, 0.25) is 0 Å². The van der Waals surface area contributed by atoms with Crippen LogP contribution in [0.25, 0.3) is 22.6 Å². The van der Waals surface area contributed by atoms with Gasteiger partial charge in [-0.1, -0.05) is 25.1 Å². The highest BCUT2D eigenvalue weighted by molar-refractivity contribution is 6.06. The SMILES string of the molecule is Cc1n[nH]c(C)c1/C=C1\C[C@@H](C)Cc2c1nc1ccccc1c2C(=O)O. The number of nitrogens with zero attached hydrogens (tertiary/aromatic N) is 2. The summed E-state index contributed by atoms with van der Waals surface area (Å²) < 4.78 is 0. The molecule has 1 aliphatic carbocycles. The van der Waals surface area contributed by atoms with Crippen LogP contribution >= 0.6 is 0 Å². The number of para-hydroxylation sites is 1. The lowest BCUT2D eigenvalue weighted by atomic mass is 9.80. The first-order chi connectivity index (χ1) is 12.5. The number of carboxylic acid groups (broad SMARTS) is 1. The summed E-state index contributed by atoms with van der Waals surface area (Å²) in [6, 6.07) is 7.49. The van der Waals surface area contributed by atoms with Gasteiger partial charge in [-0.2, -0.15) is 5.10 Å². The van der Waals surface area contributed by atoms with Crippen LogP contribution in [0.5, 0.6) is 0 Å². The Kier molecular flexibility index (Phi) is 3.87. The van der Waals surface area contributed by atoms with Gasteiger partial charge in [-0.25, -0.2) is 9.78 Å². The van der Waals surface area contributed by atoms with Crippen molar-refractivity contribution in [2.24, 2.45) is 5.92 Å². The number of benzene rings is 1. The minimum Gasteiger partial charge on any atom is -0.478 e. The molecule has 0 amide bonds. The molecule has 2 aromatic heterocycles. The molecule has 1 atom stereocenters. The molecule has 2 heterocycles. The van der Waals surface area contributed by atoms with E-state index in [9.17, 15) is 9.90 Å². The van der Waals surface area contributed by atoms with Crippen molar-refractivity contribution in [2.45, 2.75) is 33.6 Å². The number of hydrogen-bond donors (Lipinski definition) is 2. The van der Waals surface area contributed by atoms with Gasteiger partial charge in [0.1, 0.15) is 0 Å². The number of pyridine rings is 1. The molecule has 5 heteroatoms. The first-order valence-corrected chi connectivity index (χ1v) is 8.83. The van der Waals surface area contributed by atoms with Gasteiger partial charge in [0.15, 0.2) is 0 Å². The van der Waals surface area contributed by atoms with Crippen LogP contribution in [-0.4, -0.2) is 26.3 Å². The van der Waals surface area contributed by atoms with E-state index in [1.807, 2.05) is 38.1 Å². The number of aromatic nitrogens is 3. The van der Waals surface area contributed by atoms with E-state index in [0.29, 0.717) is 16.9 Å². The zero-order valence-electron chi connectivity index (χ0n) is 15.1. The molecular formula is C21H21N3O2. The number of aromatic carboxylic acids is 1. The van der Waals surface area contributed by atoms with Crippen molar-refractivity contribution in [3.05, 3.63) is 58.0 Å². The van der Waals surface area contributed by atoms with Crippen molar-refractivity contribution in [2.75, 3.05) is 0 Å². The maximum absolute atomic E-state index is 12.1. The predicted molar refractivity (Wildman–Crippen MR) is 102 cm³/mol. The average molecular weight is 347 g/mol. The highest BCUT2D eigenvalue weighted by atomic mass is 16.4. The number of carbonyl (C=O) groups is 1. The second kappa shape index (κ2) is 6.09. The molecular weight excluding hydrogens is 326 g/mol. The summed E-state index contributed by atoms with van der Waals surface area (Å²) >= 11 is 0. The van der Waals surface area contributed by atoms with Gasteiger partial charge in [-0.15, -0.1) is 0 Å². The number of aryl methyl sites for hydroxylation is 2. The summed E-state index contributed by atoms with van der Waals surface area (Å²) in [6.45, 7) is 6.13. The van der Waals surface area contributed by atoms with Gasteiger partial charge in [-0.3, -0.25) is 5.10 Å². The number of fused-ring (bicyclic) bond motifs is 2. The minimum absolute atomic E-state index is 0.363. The second-order valence-electron chi connectivity index (χ2n) is 7.17. The van der Waals surface area contributed by atoms with Crippen molar-refractivity contribution < 1.29 is 9.90 Å². The molecule has 0 unspecified atom stereocenters. The van der Waals surface area contributed by atoms with Gasteiger partial charge in [-0.05, 0) is 55.9 Å². The van der Waals surface area contributed by atoms with Gasteiger partial charge >= 0.3 is 5.97 Å². The zero-order chi connectivity index (χ0) is 18.4. The van der Waals surface area contributed by atoms with Crippen LogP contribution in [0.3, 0.4) is 0 Å². The van der Waals surface area contributed by atoms with Crippen molar-refractivity contribution >= 4 is 28.5 Å². The number of H-pyrrole nitrogens is 1. The molecule has 0 fully saturated rings. The average Bonchev–Trinajstić information content (AvgIpc) is 2.91. The third kappa shape index (κ3) is 2.60. The lowest BCUT2D eigenvalue weighted by Gasteiger charge is -2.26. The van der Waals surface area contributed by atoms with Gasteiger partial charge in [0.25, 0.3) is 0 Å². The summed E-state index contributed by atoms with van der Waals surface area (Å²) in [7, 11) is 0. The molecule has 0 aliphatic heterocycles. The Morgan fingerprint density at radius 3 is 2.73 bits per heavy atom. The lowest BCUT2D eigenvalue weighted by molar-refractivity contribution is 0.0697. The summed E-state index contributed by atoms with van der Waals surface area (Å²) in [5.41, 5.74) is 6.88. The Balaban J connectivity index is 2.02. The molecule has 5 nitrogen and oxygen atoms in total. The van der Waals surface area contributed by atoms with Crippen LogP contribution < -0.4 is 0 Å². The third-order valence-electron chi connectivity index (χ3n) is 5.14. The molecule has 1 aromatic carbocycles. The highest BCUT2D eigenvalue weighted by Crippen LogP contribution is 2.38. The smallest absolute Gasteiger partial charge is 0.336 e. The molecule has 1 aliphatic rings. The first kappa shape index (κ1) is 16.5. The molecule has 0 spiro atoms. The standard InChI is InChI=1S/C21H21N3O2/c1-11-8-14(10-16-12(2)23-24-13(16)3)20-17(9-11)19(21(25)26)15-6-4-5-7-18(15)22-20/h4-7,10-11H,8-9H2,1-3H3,(H,23,24)(H,25,26)/b14-10+/t11-/m1/s1. The Morgan fingerprint density at radius 2 is 2.04 bits per heavy atom. The van der Waals surface area contributed by atoms with Crippen LogP contribution in [-0.2, 0) is 6.42 Å². The van der Waals surface area contributed by atoms with E-state index in [1.54, 1.807) is 0 Å². The maximum atomic E-state index is 12.1. The Morgan fingerprint density at radius 1 is 1.27 bits per heavy atom. The molecule has 132 valence electrons. The molecule has 4 rings (SSSR count). The van der Waals surface area contributed by atoms with Crippen LogP contribution in [0.15, 0.2) is 24.3 Å². The fourth-order valence-corrected chi connectivity index (χ4v) is 3.93. The van der Waals surface area contributed by atoms with Gasteiger partial charge in [0, 0.05) is 16.6 Å². The van der Waals surface area contributed by atoms with E-state index in [4.69, 9.17) is 4.98 Å². The number of carboxylic acids is 1. The number of rotatable bonds is 2. The molecule has 0 bridgehead atoms. The van der Waals surface area contributed by atoms with E-state index in [-0.39, 0.29) is 0 Å². The molecule has 0 saturated heterocycles. The van der Waals surface area contributed by atoms with E-state index in [1.165, 1.54) is 0 Å². The summed E-state index contributed by atoms with van der Waals surface area (Å²) in [6.07, 6.45) is 3.73. The molecule has 0 radical (unpaired) electrons. The molecule has 26 heavy (non-hydrogen) atoms. The Labute approximate surface area is 151 Å². The second-order valence-corrected chi connectivity index (χ2v) is 7.17. The number of hydrogen-bond acceptors (Lipinski definition) is 3. The Hall–Kier alpha value is -2.95. The number of nitrogens with one attached hydrogen (secondary N) is 1. The van der Waals surface area contributed by atoms with E-state index >= 15 is 0 Å². The highest BCUT2D eigenvalue weighted by Gasteiger charge is 2.28. The van der Waals surface area contributed by atoms with Crippen molar-refractivity contribution in [3.8, 4) is 0 Å². The monoisotopic (exact) mass is 347 g/mol. The quantitative estimate of drug-likeness (QED) is 0.720. The third-order valence-corrected chi connectivity index (χ3v) is 5.14. The largest absolute Gasteiger partial charge is 0.478 e. The fraction of sp³-hybridized carbons (Fsp3) is 0.286. The zero-order valence-corrected chi connectivity index (χ0v) is 15.1. The van der Waals surface area contributed by atoms with Crippen molar-refractivity contribution in [3.63, 3.8) is 0 Å². The van der Waals surface area contributed by atoms with Crippen LogP contribution in [0.4, 0.5) is 0 Å². The fourth-order valence-electron chi connectivity index (χ4n) is 3.93. The van der Waals surface area contributed by atoms with E-state index < -0.39 is 5.97 Å². The number of aromatic amines is 1. The van der Waals surface area contributed by atoms with Crippen molar-refractivity contribution in [1.82, 2.24) is 15.2 Å². The van der Waals surface area contributed by atoms with Crippen LogP contribution in [0, 0.1) is 19.8 Å². The Bertz CT molecular complexity index is 1040. The van der Waals surface area contributed by atoms with Gasteiger partial charge < -0.3 is 5.11 Å². The molecule has 2 N–H and O–H groups in total. The molecule has 3 aromatic rings. The van der Waals surface area contributed by atoms with Crippen LogP contribution in [0.2, 0.25) is 0 Å². The van der Waals surface area contributed by atoms with Crippen LogP contribution in [0.1, 0.15) is 51.9 Å². The molecule has 0 saturated carbocycles. The summed E-state index contributed by atoms with van der Waals surface area (Å²) in [5, 5.41) is 17.9. The minimum atomic E-state index is -0.885. The summed E-state index contributed by atoms with van der Waals surface area (Å²) in [4.78, 5) is 16.9. The van der Waals surface area contributed by atoms with E-state index in [0.717, 1.165) is 52.1 Å². The first-order valence-electron chi connectivity index (χ1n) is 8.83. The lowest BCUT2D eigenvalue weighted by Crippen LogP contribution is -2.17. The maximum Gasteiger partial charge on any atom is 0.336 e. The van der Waals surface area contributed by atoms with Gasteiger partial charge in [0.05, 0.1) is 22.5 Å². The summed E-state index contributed by atoms with van der Waals surface area (Å²) in [5.74, 6) is -0.522. The number of allylic oxidation sites excluding steroid dienone is 1.